The third-order valence-electron chi connectivity index (χ3n) is 7.13. The molecule has 1 spiro atoms. The lowest BCUT2D eigenvalue weighted by molar-refractivity contribution is 0.0977. The molecular weight excluding hydrogens is 451 g/mol. The SMILES string of the molecule is Cc1ccc2c(c1)C1(CCN(C/C=C/c3ccc(F)cc3F)CC1)CN2C(=O)c1ccnc(F)c1. The van der Waals surface area contributed by atoms with Crippen LogP contribution in [0.3, 0.4) is 0 Å². The summed E-state index contributed by atoms with van der Waals surface area (Å²) in [6.45, 7) is 4.92. The van der Waals surface area contributed by atoms with Crippen LogP contribution in [-0.4, -0.2) is 42.0 Å². The molecule has 180 valence electrons. The maximum atomic E-state index is 13.9. The average Bonchev–Trinajstić information content (AvgIpc) is 3.14. The van der Waals surface area contributed by atoms with Crippen molar-refractivity contribution in [3.8, 4) is 0 Å². The molecule has 1 aromatic heterocycles. The number of piperidine rings is 1. The third-order valence-corrected chi connectivity index (χ3v) is 7.13. The van der Waals surface area contributed by atoms with E-state index in [2.05, 4.69) is 16.0 Å². The Morgan fingerprint density at radius 3 is 2.60 bits per heavy atom. The van der Waals surface area contributed by atoms with Crippen LogP contribution in [0.1, 0.15) is 39.9 Å². The van der Waals surface area contributed by atoms with Crippen molar-refractivity contribution >= 4 is 17.7 Å². The minimum absolute atomic E-state index is 0.161. The standard InChI is InChI=1S/C28H26F3N3O/c1-19-4-7-25-23(15-19)28(18-34(25)27(35)21-8-11-32-26(31)16-21)9-13-33(14-10-28)12-2-3-20-5-6-22(29)17-24(20)30/h2-8,11,15-17H,9-10,12-14,18H2,1H3/b3-2+. The molecule has 0 saturated carbocycles. The molecule has 0 aliphatic carbocycles. The van der Waals surface area contributed by atoms with Gasteiger partial charge in [-0.2, -0.15) is 4.39 Å². The highest BCUT2D eigenvalue weighted by Crippen LogP contribution is 2.47. The van der Waals surface area contributed by atoms with E-state index < -0.39 is 17.6 Å². The summed E-state index contributed by atoms with van der Waals surface area (Å²) in [6.07, 6.45) is 6.64. The molecule has 3 heterocycles. The summed E-state index contributed by atoms with van der Waals surface area (Å²) < 4.78 is 40.7. The number of hydrogen-bond donors (Lipinski definition) is 0. The molecule has 0 unspecified atom stereocenters. The number of rotatable bonds is 4. The zero-order chi connectivity index (χ0) is 24.6. The van der Waals surface area contributed by atoms with Crippen LogP contribution in [0.4, 0.5) is 18.9 Å². The van der Waals surface area contributed by atoms with Crippen LogP contribution >= 0.6 is 0 Å². The molecule has 7 heteroatoms. The van der Waals surface area contributed by atoms with E-state index in [4.69, 9.17) is 0 Å². The first-order valence-corrected chi connectivity index (χ1v) is 11.7. The van der Waals surface area contributed by atoms with Crippen LogP contribution < -0.4 is 4.90 Å². The Morgan fingerprint density at radius 1 is 1.06 bits per heavy atom. The van der Waals surface area contributed by atoms with Crippen LogP contribution in [0.2, 0.25) is 0 Å². The summed E-state index contributed by atoms with van der Waals surface area (Å²) in [5, 5.41) is 0. The number of aryl methyl sites for hydroxylation is 1. The molecule has 35 heavy (non-hydrogen) atoms. The molecule has 5 rings (SSSR count). The number of anilines is 1. The summed E-state index contributed by atoms with van der Waals surface area (Å²) in [6, 6.07) is 12.5. The molecule has 1 amide bonds. The maximum absolute atomic E-state index is 13.9. The summed E-state index contributed by atoms with van der Waals surface area (Å²) in [7, 11) is 0. The molecule has 1 fully saturated rings. The van der Waals surface area contributed by atoms with Gasteiger partial charge in [0.25, 0.3) is 5.91 Å². The molecule has 3 aromatic rings. The predicted octanol–water partition coefficient (Wildman–Crippen LogP) is 5.51. The Balaban J connectivity index is 1.31. The average molecular weight is 478 g/mol. The number of aromatic nitrogens is 1. The Bertz CT molecular complexity index is 1300. The summed E-state index contributed by atoms with van der Waals surface area (Å²) in [5.74, 6) is -2.05. The van der Waals surface area contributed by atoms with Crippen LogP contribution in [0.15, 0.2) is 60.8 Å². The van der Waals surface area contributed by atoms with E-state index in [0.29, 0.717) is 18.7 Å². The Morgan fingerprint density at radius 2 is 1.86 bits per heavy atom. The molecule has 4 nitrogen and oxygen atoms in total. The lowest BCUT2D eigenvalue weighted by Gasteiger charge is -2.39. The van der Waals surface area contributed by atoms with Gasteiger partial charge in [-0.05, 0) is 62.7 Å². The number of likely N-dealkylation sites (tertiary alicyclic amines) is 1. The van der Waals surface area contributed by atoms with E-state index in [1.807, 2.05) is 25.1 Å². The number of carbonyl (C=O) groups excluding carboxylic acids is 1. The van der Waals surface area contributed by atoms with Gasteiger partial charge in [0, 0.05) is 53.6 Å². The van der Waals surface area contributed by atoms with Crippen molar-refractivity contribution in [2.24, 2.45) is 0 Å². The van der Waals surface area contributed by atoms with Gasteiger partial charge < -0.3 is 4.90 Å². The van der Waals surface area contributed by atoms with Gasteiger partial charge in [0.2, 0.25) is 5.95 Å². The molecule has 0 radical (unpaired) electrons. The van der Waals surface area contributed by atoms with Crippen molar-refractivity contribution in [2.75, 3.05) is 31.1 Å². The first-order valence-electron chi connectivity index (χ1n) is 11.7. The second-order valence-corrected chi connectivity index (χ2v) is 9.43. The second-order valence-electron chi connectivity index (χ2n) is 9.43. The Hall–Kier alpha value is -3.45. The number of nitrogens with zero attached hydrogens (tertiary/aromatic N) is 3. The highest BCUT2D eigenvalue weighted by atomic mass is 19.1. The number of halogens is 3. The van der Waals surface area contributed by atoms with Crippen molar-refractivity contribution in [1.29, 1.82) is 0 Å². The zero-order valence-electron chi connectivity index (χ0n) is 19.5. The van der Waals surface area contributed by atoms with Crippen molar-refractivity contribution in [3.63, 3.8) is 0 Å². The fourth-order valence-corrected chi connectivity index (χ4v) is 5.21. The molecule has 0 bridgehead atoms. The van der Waals surface area contributed by atoms with Crippen molar-refractivity contribution in [1.82, 2.24) is 9.88 Å². The highest BCUT2D eigenvalue weighted by molar-refractivity contribution is 6.07. The van der Waals surface area contributed by atoms with Crippen molar-refractivity contribution in [2.45, 2.75) is 25.2 Å². The van der Waals surface area contributed by atoms with E-state index in [-0.39, 0.29) is 16.9 Å². The fourth-order valence-electron chi connectivity index (χ4n) is 5.21. The van der Waals surface area contributed by atoms with E-state index in [1.54, 1.807) is 17.0 Å². The van der Waals surface area contributed by atoms with Crippen molar-refractivity contribution in [3.05, 3.63) is 101 Å². The Kier molecular flexibility index (Phi) is 6.19. The van der Waals surface area contributed by atoms with Crippen LogP contribution in [0, 0.1) is 24.5 Å². The van der Waals surface area contributed by atoms with Crippen LogP contribution in [0.5, 0.6) is 0 Å². The van der Waals surface area contributed by atoms with Gasteiger partial charge in [0.05, 0.1) is 0 Å². The van der Waals surface area contributed by atoms with Gasteiger partial charge in [-0.15, -0.1) is 0 Å². The smallest absolute Gasteiger partial charge is 0.258 e. The molecule has 1 saturated heterocycles. The topological polar surface area (TPSA) is 36.4 Å². The fraction of sp³-hybridized carbons (Fsp3) is 0.286. The molecular formula is C28H26F3N3O. The molecule has 0 atom stereocenters. The minimum atomic E-state index is -0.671. The Labute approximate surface area is 202 Å². The summed E-state index contributed by atoms with van der Waals surface area (Å²) in [5.41, 5.74) is 3.69. The lowest BCUT2D eigenvalue weighted by Crippen LogP contribution is -2.46. The second kappa shape index (κ2) is 9.30. The summed E-state index contributed by atoms with van der Waals surface area (Å²) in [4.78, 5) is 20.9. The van der Waals surface area contributed by atoms with Gasteiger partial charge in [-0.3, -0.25) is 9.69 Å². The molecule has 2 aliphatic rings. The van der Waals surface area contributed by atoms with E-state index in [0.717, 1.165) is 43.2 Å². The first kappa shape index (κ1) is 23.3. The van der Waals surface area contributed by atoms with Crippen molar-refractivity contribution < 1.29 is 18.0 Å². The predicted molar refractivity (Wildman–Crippen MR) is 130 cm³/mol. The minimum Gasteiger partial charge on any atom is -0.307 e. The quantitative estimate of drug-likeness (QED) is 0.465. The molecule has 2 aromatic carbocycles. The highest BCUT2D eigenvalue weighted by Gasteiger charge is 2.46. The largest absolute Gasteiger partial charge is 0.307 e. The van der Waals surface area contributed by atoms with E-state index in [1.165, 1.54) is 30.0 Å². The molecule has 2 aliphatic heterocycles. The van der Waals surface area contributed by atoms with Gasteiger partial charge in [0.1, 0.15) is 11.6 Å². The van der Waals surface area contributed by atoms with Gasteiger partial charge >= 0.3 is 0 Å². The number of fused-ring (bicyclic) bond motifs is 2. The van der Waals surface area contributed by atoms with Crippen LogP contribution in [-0.2, 0) is 5.41 Å². The monoisotopic (exact) mass is 477 g/mol. The first-order chi connectivity index (χ1) is 16.8. The number of benzene rings is 2. The maximum Gasteiger partial charge on any atom is 0.258 e. The van der Waals surface area contributed by atoms with Crippen LogP contribution in [0.25, 0.3) is 6.08 Å². The van der Waals surface area contributed by atoms with E-state index in [9.17, 15) is 18.0 Å². The normalized spacial score (nSPS) is 17.3. The number of pyridine rings is 1. The number of amides is 1. The number of carbonyl (C=O) groups is 1. The van der Waals surface area contributed by atoms with Gasteiger partial charge in [-0.1, -0.05) is 29.8 Å². The molecule has 0 N–H and O–H groups in total. The van der Waals surface area contributed by atoms with Gasteiger partial charge in [0.15, 0.2) is 0 Å². The lowest BCUT2D eigenvalue weighted by atomic mass is 9.74. The van der Waals surface area contributed by atoms with Gasteiger partial charge in [-0.25, -0.2) is 13.8 Å². The summed E-state index contributed by atoms with van der Waals surface area (Å²) >= 11 is 0. The zero-order valence-corrected chi connectivity index (χ0v) is 19.5. The third kappa shape index (κ3) is 4.60. The number of hydrogen-bond acceptors (Lipinski definition) is 3. The van der Waals surface area contributed by atoms with E-state index >= 15 is 0 Å².